The van der Waals surface area contributed by atoms with Gasteiger partial charge < -0.3 is 5.32 Å². The van der Waals surface area contributed by atoms with E-state index in [2.05, 4.69) is 20.7 Å². The third-order valence-corrected chi connectivity index (χ3v) is 5.77. The van der Waals surface area contributed by atoms with Crippen LogP contribution in [0.15, 0.2) is 18.2 Å². The number of rotatable bonds is 4. The predicted octanol–water partition coefficient (Wildman–Crippen LogP) is 3.33. The zero-order chi connectivity index (χ0) is 18.3. The Bertz CT molecular complexity index is 831. The number of aromatic nitrogens is 3. The zero-order valence-corrected chi connectivity index (χ0v) is 16.0. The second kappa shape index (κ2) is 7.18. The Morgan fingerprint density at radius 3 is 2.81 bits per heavy atom. The zero-order valence-electron chi connectivity index (χ0n) is 14.5. The molecule has 0 bridgehead atoms. The lowest BCUT2D eigenvalue weighted by atomic mass is 9.98. The maximum Gasteiger partial charge on any atom is 0.230 e. The van der Waals surface area contributed by atoms with Crippen LogP contribution in [-0.2, 0) is 11.8 Å². The smallest absolute Gasteiger partial charge is 0.230 e. The minimum absolute atomic E-state index is 0.0339. The molecule has 2 atom stereocenters. The molecular formula is C18H21Cl2N5O. The lowest BCUT2D eigenvalue weighted by molar-refractivity contribution is -0.117. The quantitative estimate of drug-likeness (QED) is 0.835. The van der Waals surface area contributed by atoms with E-state index >= 15 is 0 Å². The molecule has 2 aliphatic rings. The molecule has 2 N–H and O–H groups in total. The molecule has 2 unspecified atom stereocenters. The first-order valence-corrected chi connectivity index (χ1v) is 9.66. The first-order valence-electron chi connectivity index (χ1n) is 8.90. The third-order valence-electron chi connectivity index (χ3n) is 5.21. The molecule has 1 saturated carbocycles. The molecule has 26 heavy (non-hydrogen) atoms. The molecule has 1 aliphatic heterocycles. The summed E-state index contributed by atoms with van der Waals surface area (Å²) >= 11 is 12.2. The number of hydrogen-bond donors (Lipinski definition) is 2. The van der Waals surface area contributed by atoms with Crippen LogP contribution in [-0.4, -0.2) is 33.8 Å². The summed E-state index contributed by atoms with van der Waals surface area (Å²) < 4.78 is 1.65. The lowest BCUT2D eigenvalue weighted by Gasteiger charge is -2.19. The Morgan fingerprint density at radius 1 is 1.31 bits per heavy atom. The van der Waals surface area contributed by atoms with Crippen molar-refractivity contribution in [2.24, 2.45) is 13.0 Å². The molecule has 138 valence electrons. The fraction of sp³-hybridized carbons (Fsp3) is 0.500. The summed E-state index contributed by atoms with van der Waals surface area (Å²) in [5.74, 6) is 1.70. The van der Waals surface area contributed by atoms with Gasteiger partial charge in [0.1, 0.15) is 0 Å². The van der Waals surface area contributed by atoms with Crippen molar-refractivity contribution < 1.29 is 4.79 Å². The fourth-order valence-corrected chi connectivity index (χ4v) is 4.15. The van der Waals surface area contributed by atoms with E-state index in [0.29, 0.717) is 21.9 Å². The summed E-state index contributed by atoms with van der Waals surface area (Å²) in [6.45, 7) is 1.96. The Balaban J connectivity index is 1.42. The molecule has 1 amide bonds. The number of hydrogen-bond acceptors (Lipinski definition) is 4. The van der Waals surface area contributed by atoms with Gasteiger partial charge in [-0.15, -0.1) is 0 Å². The number of benzene rings is 1. The Hall–Kier alpha value is -1.63. The van der Waals surface area contributed by atoms with Crippen molar-refractivity contribution in [3.05, 3.63) is 39.6 Å². The monoisotopic (exact) mass is 393 g/mol. The molecule has 2 aromatic rings. The van der Waals surface area contributed by atoms with Crippen LogP contribution >= 0.6 is 23.2 Å². The molecule has 4 rings (SSSR count). The molecule has 0 spiro atoms. The van der Waals surface area contributed by atoms with Crippen molar-refractivity contribution >= 4 is 35.1 Å². The van der Waals surface area contributed by atoms with Crippen LogP contribution in [0.3, 0.4) is 0 Å². The maximum absolute atomic E-state index is 12.6. The van der Waals surface area contributed by atoms with E-state index in [4.69, 9.17) is 23.2 Å². The van der Waals surface area contributed by atoms with Crippen LogP contribution in [0.5, 0.6) is 0 Å². The van der Waals surface area contributed by atoms with E-state index in [9.17, 15) is 4.79 Å². The highest BCUT2D eigenvalue weighted by Gasteiger charge is 2.45. The number of nitrogens with zero attached hydrogens (tertiary/aromatic N) is 3. The minimum Gasteiger partial charge on any atom is -0.317 e. The van der Waals surface area contributed by atoms with Crippen LogP contribution in [0.4, 0.5) is 5.95 Å². The molecule has 1 aromatic carbocycles. The lowest BCUT2D eigenvalue weighted by Crippen LogP contribution is -2.27. The summed E-state index contributed by atoms with van der Waals surface area (Å²) in [6, 6.07) is 5.43. The van der Waals surface area contributed by atoms with Gasteiger partial charge in [-0.1, -0.05) is 29.3 Å². The summed E-state index contributed by atoms with van der Waals surface area (Å²) in [7, 11) is 1.81. The van der Waals surface area contributed by atoms with Crippen LogP contribution in [0.25, 0.3) is 0 Å². The Labute approximate surface area is 162 Å². The van der Waals surface area contributed by atoms with Gasteiger partial charge in [-0.25, -0.2) is 4.68 Å². The van der Waals surface area contributed by atoms with Gasteiger partial charge in [-0.3, -0.25) is 10.1 Å². The van der Waals surface area contributed by atoms with E-state index in [0.717, 1.165) is 43.7 Å². The second-order valence-electron chi connectivity index (χ2n) is 7.05. The normalized spacial score (nSPS) is 23.0. The molecule has 0 radical (unpaired) electrons. The van der Waals surface area contributed by atoms with Crippen LogP contribution in [0.2, 0.25) is 10.0 Å². The number of amides is 1. The van der Waals surface area contributed by atoms with Gasteiger partial charge in [-0.2, -0.15) is 10.1 Å². The van der Waals surface area contributed by atoms with Crippen molar-refractivity contribution in [2.75, 3.05) is 18.4 Å². The van der Waals surface area contributed by atoms with Gasteiger partial charge in [0, 0.05) is 28.9 Å². The Morgan fingerprint density at radius 2 is 2.08 bits per heavy atom. The van der Waals surface area contributed by atoms with E-state index in [-0.39, 0.29) is 17.7 Å². The van der Waals surface area contributed by atoms with Gasteiger partial charge >= 0.3 is 0 Å². The first kappa shape index (κ1) is 17.8. The predicted molar refractivity (Wildman–Crippen MR) is 102 cm³/mol. The topological polar surface area (TPSA) is 71.8 Å². The fourth-order valence-electron chi connectivity index (χ4n) is 3.60. The molecule has 1 saturated heterocycles. The molecule has 8 heteroatoms. The summed E-state index contributed by atoms with van der Waals surface area (Å²) in [6.07, 6.45) is 2.83. The summed E-state index contributed by atoms with van der Waals surface area (Å²) in [5, 5.41) is 12.0. The number of anilines is 1. The number of nitrogens with one attached hydrogen (secondary N) is 2. The standard InChI is InChI=1S/C18H21Cl2N5O/c1-25-18(22-16(24-25)10-4-6-21-7-5-10)23-17(26)14-9-13(14)12-3-2-11(19)8-15(12)20/h2-3,8,10,13-14,21H,4-7,9H2,1H3,(H,22,23,24,26). The number of aryl methyl sites for hydroxylation is 1. The molecule has 1 aromatic heterocycles. The highest BCUT2D eigenvalue weighted by molar-refractivity contribution is 6.35. The van der Waals surface area contributed by atoms with E-state index in [1.165, 1.54) is 0 Å². The SMILES string of the molecule is Cn1nc(C2CCNCC2)nc1NC(=O)C1CC1c1ccc(Cl)cc1Cl. The van der Waals surface area contributed by atoms with Crippen molar-refractivity contribution in [3.63, 3.8) is 0 Å². The van der Waals surface area contributed by atoms with Crippen LogP contribution < -0.4 is 10.6 Å². The maximum atomic E-state index is 12.6. The summed E-state index contributed by atoms with van der Waals surface area (Å²) in [5.41, 5.74) is 0.976. The number of halogens is 2. The van der Waals surface area contributed by atoms with E-state index in [1.54, 1.807) is 10.7 Å². The van der Waals surface area contributed by atoms with E-state index in [1.807, 2.05) is 19.2 Å². The number of carbonyl (C=O) groups excluding carboxylic acids is 1. The van der Waals surface area contributed by atoms with E-state index < -0.39 is 0 Å². The Kier molecular flexibility index (Phi) is 4.90. The van der Waals surface area contributed by atoms with Gasteiger partial charge in [0.05, 0.1) is 0 Å². The van der Waals surface area contributed by atoms with Crippen molar-refractivity contribution in [3.8, 4) is 0 Å². The van der Waals surface area contributed by atoms with Gasteiger partial charge in [-0.05, 0) is 56.0 Å². The minimum atomic E-state index is -0.0901. The average Bonchev–Trinajstić information content (AvgIpc) is 3.33. The molecule has 2 fully saturated rings. The molecular weight excluding hydrogens is 373 g/mol. The molecule has 6 nitrogen and oxygen atoms in total. The number of carbonyl (C=O) groups is 1. The highest BCUT2D eigenvalue weighted by atomic mass is 35.5. The third kappa shape index (κ3) is 3.59. The summed E-state index contributed by atoms with van der Waals surface area (Å²) in [4.78, 5) is 17.2. The van der Waals surface area contributed by atoms with Crippen molar-refractivity contribution in [2.45, 2.75) is 31.1 Å². The van der Waals surface area contributed by atoms with Crippen LogP contribution in [0, 0.1) is 5.92 Å². The van der Waals surface area contributed by atoms with Gasteiger partial charge in [0.2, 0.25) is 11.9 Å². The molecule has 2 heterocycles. The second-order valence-corrected chi connectivity index (χ2v) is 7.89. The number of piperidine rings is 1. The van der Waals surface area contributed by atoms with Crippen LogP contribution in [0.1, 0.15) is 42.5 Å². The largest absolute Gasteiger partial charge is 0.317 e. The molecule has 1 aliphatic carbocycles. The van der Waals surface area contributed by atoms with Crippen molar-refractivity contribution in [1.29, 1.82) is 0 Å². The average molecular weight is 394 g/mol. The van der Waals surface area contributed by atoms with Gasteiger partial charge in [0.25, 0.3) is 0 Å². The highest BCUT2D eigenvalue weighted by Crippen LogP contribution is 2.50. The first-order chi connectivity index (χ1) is 12.5. The van der Waals surface area contributed by atoms with Gasteiger partial charge in [0.15, 0.2) is 5.82 Å². The van der Waals surface area contributed by atoms with Crippen molar-refractivity contribution in [1.82, 2.24) is 20.1 Å².